The summed E-state index contributed by atoms with van der Waals surface area (Å²) in [5.74, 6) is 0.436. The summed E-state index contributed by atoms with van der Waals surface area (Å²) < 4.78 is 5.27. The number of carbonyl (C=O) groups excluding carboxylic acids is 2. The lowest BCUT2D eigenvalue weighted by atomic mass is 9.92. The number of likely N-dealkylation sites (N-methyl/N-ethyl adjacent to an activating group) is 1. The van der Waals surface area contributed by atoms with Gasteiger partial charge in [-0.3, -0.25) is 14.5 Å². The van der Waals surface area contributed by atoms with Crippen LogP contribution in [-0.4, -0.2) is 67.9 Å². The molecule has 0 spiro atoms. The standard InChI is InChI=1S/C25H36N4O3/c1-25(2,3)11-12-28-13-15-29(16-14-28)19-23(30)27(4)22-10-6-5-9-21(22)24(31)26-18-20-8-7-17-32-20/h5-10,17H,11-16,18-19H2,1-4H3,(H,26,31). The van der Waals surface area contributed by atoms with Crippen LogP contribution in [0.4, 0.5) is 5.69 Å². The molecule has 1 aromatic heterocycles. The van der Waals surface area contributed by atoms with Crippen LogP contribution in [0.1, 0.15) is 43.3 Å². The fourth-order valence-corrected chi connectivity index (χ4v) is 3.73. The van der Waals surface area contributed by atoms with Crippen LogP contribution in [0.25, 0.3) is 0 Å². The van der Waals surface area contributed by atoms with E-state index >= 15 is 0 Å². The van der Waals surface area contributed by atoms with Gasteiger partial charge in [0.1, 0.15) is 5.76 Å². The molecule has 0 atom stereocenters. The van der Waals surface area contributed by atoms with E-state index in [0.29, 0.717) is 35.5 Å². The quantitative estimate of drug-likeness (QED) is 0.683. The van der Waals surface area contributed by atoms with Crippen LogP contribution in [0.15, 0.2) is 47.1 Å². The molecule has 7 nitrogen and oxygen atoms in total. The number of anilines is 1. The minimum atomic E-state index is -0.232. The van der Waals surface area contributed by atoms with E-state index in [0.717, 1.165) is 32.7 Å². The van der Waals surface area contributed by atoms with Crippen molar-refractivity contribution >= 4 is 17.5 Å². The van der Waals surface area contributed by atoms with E-state index in [1.165, 1.54) is 6.42 Å². The first kappa shape index (κ1) is 24.0. The van der Waals surface area contributed by atoms with Crippen LogP contribution >= 0.6 is 0 Å². The van der Waals surface area contributed by atoms with Gasteiger partial charge in [-0.15, -0.1) is 0 Å². The van der Waals surface area contributed by atoms with Crippen LogP contribution in [0.3, 0.4) is 0 Å². The van der Waals surface area contributed by atoms with Crippen molar-refractivity contribution < 1.29 is 14.0 Å². The van der Waals surface area contributed by atoms with E-state index < -0.39 is 0 Å². The Labute approximate surface area is 191 Å². The largest absolute Gasteiger partial charge is 0.467 e. The van der Waals surface area contributed by atoms with E-state index in [2.05, 4.69) is 35.9 Å². The molecule has 2 amide bonds. The number of rotatable bonds is 8. The average Bonchev–Trinajstić information content (AvgIpc) is 3.29. The minimum absolute atomic E-state index is 0.0144. The molecule has 1 aromatic carbocycles. The second kappa shape index (κ2) is 10.8. The topological polar surface area (TPSA) is 69.0 Å². The summed E-state index contributed by atoms with van der Waals surface area (Å²) in [6, 6.07) is 10.8. The second-order valence-electron chi connectivity index (χ2n) is 9.66. The number of hydrogen-bond donors (Lipinski definition) is 1. The highest BCUT2D eigenvalue weighted by Crippen LogP contribution is 2.21. The van der Waals surface area contributed by atoms with Gasteiger partial charge in [0.2, 0.25) is 5.91 Å². The number of nitrogens with zero attached hydrogens (tertiary/aromatic N) is 3. The Hall–Kier alpha value is -2.64. The number of piperazine rings is 1. The molecule has 1 saturated heterocycles. The minimum Gasteiger partial charge on any atom is -0.467 e. The van der Waals surface area contributed by atoms with Crippen LogP contribution in [-0.2, 0) is 11.3 Å². The zero-order chi connectivity index (χ0) is 23.1. The molecule has 32 heavy (non-hydrogen) atoms. The van der Waals surface area contributed by atoms with Crippen molar-refractivity contribution in [3.8, 4) is 0 Å². The first-order valence-electron chi connectivity index (χ1n) is 11.3. The first-order valence-corrected chi connectivity index (χ1v) is 11.3. The third-order valence-electron chi connectivity index (χ3n) is 5.89. The monoisotopic (exact) mass is 440 g/mol. The van der Waals surface area contributed by atoms with E-state index in [4.69, 9.17) is 4.42 Å². The number of furan rings is 1. The zero-order valence-electron chi connectivity index (χ0n) is 19.8. The van der Waals surface area contributed by atoms with Gasteiger partial charge in [0.15, 0.2) is 0 Å². The summed E-state index contributed by atoms with van der Waals surface area (Å²) in [6.45, 7) is 12.3. The molecule has 0 aliphatic carbocycles. The number of nitrogens with one attached hydrogen (secondary N) is 1. The molecule has 0 radical (unpaired) electrons. The van der Waals surface area contributed by atoms with E-state index in [1.807, 2.05) is 18.2 Å². The van der Waals surface area contributed by atoms with Crippen molar-refractivity contribution in [1.82, 2.24) is 15.1 Å². The van der Waals surface area contributed by atoms with Gasteiger partial charge in [-0.2, -0.15) is 0 Å². The molecule has 1 aliphatic rings. The predicted octanol–water partition coefficient (Wildman–Crippen LogP) is 3.23. The number of amides is 2. The Morgan fingerprint density at radius 3 is 2.38 bits per heavy atom. The van der Waals surface area contributed by atoms with Crippen molar-refractivity contribution in [3.05, 3.63) is 54.0 Å². The molecule has 0 bridgehead atoms. The highest BCUT2D eigenvalue weighted by molar-refractivity contribution is 6.04. The van der Waals surface area contributed by atoms with Gasteiger partial charge in [0, 0.05) is 33.2 Å². The molecule has 1 N–H and O–H groups in total. The van der Waals surface area contributed by atoms with Crippen molar-refractivity contribution in [2.24, 2.45) is 5.41 Å². The lowest BCUT2D eigenvalue weighted by Gasteiger charge is -2.36. The third kappa shape index (κ3) is 6.93. The number of carbonyl (C=O) groups is 2. The highest BCUT2D eigenvalue weighted by Gasteiger charge is 2.24. The van der Waals surface area contributed by atoms with Crippen molar-refractivity contribution in [1.29, 1.82) is 0 Å². The molecule has 0 unspecified atom stereocenters. The van der Waals surface area contributed by atoms with Gasteiger partial charge in [-0.25, -0.2) is 0 Å². The fourth-order valence-electron chi connectivity index (χ4n) is 3.73. The predicted molar refractivity (Wildman–Crippen MR) is 127 cm³/mol. The van der Waals surface area contributed by atoms with Gasteiger partial charge in [0.05, 0.1) is 30.6 Å². The molecule has 2 heterocycles. The Morgan fingerprint density at radius 1 is 1.03 bits per heavy atom. The van der Waals surface area contributed by atoms with Crippen molar-refractivity contribution in [2.45, 2.75) is 33.7 Å². The van der Waals surface area contributed by atoms with Crippen LogP contribution in [0.5, 0.6) is 0 Å². The van der Waals surface area contributed by atoms with Crippen LogP contribution < -0.4 is 10.2 Å². The highest BCUT2D eigenvalue weighted by atomic mass is 16.3. The molecular formula is C25H36N4O3. The molecule has 1 fully saturated rings. The molecule has 1 aliphatic heterocycles. The maximum Gasteiger partial charge on any atom is 0.253 e. The third-order valence-corrected chi connectivity index (χ3v) is 5.89. The fraction of sp³-hybridized carbons (Fsp3) is 0.520. The first-order chi connectivity index (χ1) is 15.2. The van der Waals surface area contributed by atoms with Gasteiger partial charge in [0.25, 0.3) is 5.91 Å². The Morgan fingerprint density at radius 2 is 1.72 bits per heavy atom. The summed E-state index contributed by atoms with van der Waals surface area (Å²) in [6.07, 6.45) is 2.75. The number of hydrogen-bond acceptors (Lipinski definition) is 5. The summed E-state index contributed by atoms with van der Waals surface area (Å²) in [4.78, 5) is 32.0. The molecule has 174 valence electrons. The normalized spacial score (nSPS) is 15.5. The van der Waals surface area contributed by atoms with E-state index in [9.17, 15) is 9.59 Å². The smallest absolute Gasteiger partial charge is 0.253 e. The lowest BCUT2D eigenvalue weighted by molar-refractivity contribution is -0.119. The summed E-state index contributed by atoms with van der Waals surface area (Å²) >= 11 is 0. The van der Waals surface area contributed by atoms with Gasteiger partial charge in [-0.1, -0.05) is 32.9 Å². The average molecular weight is 441 g/mol. The van der Waals surface area contributed by atoms with Crippen molar-refractivity contribution in [2.75, 3.05) is 51.2 Å². The molecule has 2 aromatic rings. The zero-order valence-corrected chi connectivity index (χ0v) is 19.8. The number of para-hydroxylation sites is 1. The Kier molecular flexibility index (Phi) is 8.10. The molecular weight excluding hydrogens is 404 g/mol. The SMILES string of the molecule is CN(C(=O)CN1CCN(CCC(C)(C)C)CC1)c1ccccc1C(=O)NCc1ccco1. The summed E-state index contributed by atoms with van der Waals surface area (Å²) in [7, 11) is 1.74. The lowest BCUT2D eigenvalue weighted by Crippen LogP contribution is -2.50. The summed E-state index contributed by atoms with van der Waals surface area (Å²) in [5, 5.41) is 2.86. The molecule has 3 rings (SSSR count). The molecule has 7 heteroatoms. The Bertz CT molecular complexity index is 881. The number of benzene rings is 1. The second-order valence-corrected chi connectivity index (χ2v) is 9.66. The maximum absolute atomic E-state index is 13.0. The van der Waals surface area contributed by atoms with Gasteiger partial charge < -0.3 is 19.5 Å². The Balaban J connectivity index is 1.53. The van der Waals surface area contributed by atoms with Crippen LogP contribution in [0, 0.1) is 5.41 Å². The van der Waals surface area contributed by atoms with Gasteiger partial charge in [-0.05, 0) is 42.6 Å². The van der Waals surface area contributed by atoms with E-state index in [-0.39, 0.29) is 11.8 Å². The van der Waals surface area contributed by atoms with Crippen LogP contribution in [0.2, 0.25) is 0 Å². The summed E-state index contributed by atoms with van der Waals surface area (Å²) in [5.41, 5.74) is 1.42. The molecule has 0 saturated carbocycles. The van der Waals surface area contributed by atoms with E-state index in [1.54, 1.807) is 36.4 Å². The van der Waals surface area contributed by atoms with Crippen molar-refractivity contribution in [3.63, 3.8) is 0 Å². The van der Waals surface area contributed by atoms with Gasteiger partial charge >= 0.3 is 0 Å². The maximum atomic E-state index is 13.0.